The molecule has 1 unspecified atom stereocenters. The van der Waals surface area contributed by atoms with Crippen molar-refractivity contribution in [1.82, 2.24) is 4.98 Å². The number of aromatic nitrogens is 1. The number of carboxylic acid groups (broad SMARTS) is 1. The topological polar surface area (TPSA) is 88.6 Å². The van der Waals surface area contributed by atoms with Crippen molar-refractivity contribution in [2.45, 2.75) is 31.5 Å². The maximum Gasteiger partial charge on any atom is 0.377 e. The molecule has 6 nitrogen and oxygen atoms in total. The lowest BCUT2D eigenvalue weighted by Gasteiger charge is -2.32. The fraction of sp³-hybridized carbons (Fsp3) is 0.375. The van der Waals surface area contributed by atoms with Crippen LogP contribution in [0.4, 0.5) is 0 Å². The molecule has 3 rings (SSSR count). The number of benzene rings is 1. The first kappa shape index (κ1) is 14.6. The van der Waals surface area contributed by atoms with E-state index in [1.807, 2.05) is 24.3 Å². The molecule has 2 aromatic rings. The van der Waals surface area contributed by atoms with Crippen LogP contribution >= 0.6 is 0 Å². The SMILES string of the molecule is O=C(Cc1c[nH]c2ccccc12)OC1(C(=O)O)CCCCO1. The molecule has 0 saturated carbocycles. The van der Waals surface area contributed by atoms with E-state index in [4.69, 9.17) is 9.47 Å². The number of hydrogen-bond acceptors (Lipinski definition) is 4. The minimum Gasteiger partial charge on any atom is -0.476 e. The minimum atomic E-state index is -1.83. The normalized spacial score (nSPS) is 21.6. The first-order valence-electron chi connectivity index (χ1n) is 7.25. The second-order valence-corrected chi connectivity index (χ2v) is 5.37. The Kier molecular flexibility index (Phi) is 3.85. The number of carbonyl (C=O) groups is 2. The van der Waals surface area contributed by atoms with Crippen LogP contribution in [-0.2, 0) is 25.5 Å². The molecule has 1 aliphatic rings. The summed E-state index contributed by atoms with van der Waals surface area (Å²) in [4.78, 5) is 26.6. The van der Waals surface area contributed by atoms with Gasteiger partial charge in [-0.2, -0.15) is 0 Å². The van der Waals surface area contributed by atoms with Crippen LogP contribution in [0.1, 0.15) is 24.8 Å². The Hall–Kier alpha value is -2.34. The molecule has 1 aliphatic heterocycles. The van der Waals surface area contributed by atoms with E-state index in [1.165, 1.54) is 0 Å². The standard InChI is InChI=1S/C16H17NO5/c18-14(22-16(15(19)20)7-3-4-8-21-16)9-11-10-17-13-6-2-1-5-12(11)13/h1-2,5-6,10,17H,3-4,7-9H2,(H,19,20). The molecule has 0 radical (unpaired) electrons. The number of carbonyl (C=O) groups excluding carboxylic acids is 1. The van der Waals surface area contributed by atoms with E-state index >= 15 is 0 Å². The smallest absolute Gasteiger partial charge is 0.377 e. The molecule has 1 aromatic heterocycles. The predicted octanol–water partition coefficient (Wildman–Crippen LogP) is 2.24. The summed E-state index contributed by atoms with van der Waals surface area (Å²) in [6.07, 6.45) is 3.35. The summed E-state index contributed by atoms with van der Waals surface area (Å²) in [6, 6.07) is 7.59. The molecule has 22 heavy (non-hydrogen) atoms. The zero-order valence-corrected chi connectivity index (χ0v) is 12.0. The molecule has 1 saturated heterocycles. The highest BCUT2D eigenvalue weighted by atomic mass is 16.7. The maximum absolute atomic E-state index is 12.2. The van der Waals surface area contributed by atoms with E-state index in [1.54, 1.807) is 6.20 Å². The van der Waals surface area contributed by atoms with Gasteiger partial charge in [0.05, 0.1) is 13.0 Å². The van der Waals surface area contributed by atoms with E-state index in [9.17, 15) is 14.7 Å². The summed E-state index contributed by atoms with van der Waals surface area (Å²) in [7, 11) is 0. The summed E-state index contributed by atoms with van der Waals surface area (Å²) in [5, 5.41) is 10.3. The van der Waals surface area contributed by atoms with Crippen molar-refractivity contribution >= 4 is 22.8 Å². The Morgan fingerprint density at radius 1 is 1.32 bits per heavy atom. The van der Waals surface area contributed by atoms with Crippen molar-refractivity contribution in [1.29, 1.82) is 0 Å². The number of esters is 1. The van der Waals surface area contributed by atoms with Gasteiger partial charge in [-0.05, 0) is 24.5 Å². The maximum atomic E-state index is 12.2. The minimum absolute atomic E-state index is 0.00238. The molecule has 2 N–H and O–H groups in total. The molecule has 0 aliphatic carbocycles. The number of carboxylic acids is 1. The van der Waals surface area contributed by atoms with Crippen LogP contribution in [0.5, 0.6) is 0 Å². The Bertz CT molecular complexity index is 699. The summed E-state index contributed by atoms with van der Waals surface area (Å²) < 4.78 is 10.4. The fourth-order valence-corrected chi connectivity index (χ4v) is 2.72. The third-order valence-electron chi connectivity index (χ3n) is 3.85. The number of aliphatic carboxylic acids is 1. The van der Waals surface area contributed by atoms with Gasteiger partial charge in [0.15, 0.2) is 0 Å². The third kappa shape index (κ3) is 2.69. The largest absolute Gasteiger partial charge is 0.476 e. The highest BCUT2D eigenvalue weighted by molar-refractivity contribution is 5.88. The lowest BCUT2D eigenvalue weighted by Crippen LogP contribution is -2.48. The van der Waals surface area contributed by atoms with Crippen molar-refractivity contribution in [2.24, 2.45) is 0 Å². The number of fused-ring (bicyclic) bond motifs is 1. The molecular weight excluding hydrogens is 286 g/mol. The summed E-state index contributed by atoms with van der Waals surface area (Å²) >= 11 is 0. The van der Waals surface area contributed by atoms with Gasteiger partial charge in [-0.15, -0.1) is 0 Å². The van der Waals surface area contributed by atoms with Gasteiger partial charge in [0.25, 0.3) is 0 Å². The van der Waals surface area contributed by atoms with Crippen LogP contribution in [-0.4, -0.2) is 34.4 Å². The van der Waals surface area contributed by atoms with Gasteiger partial charge in [0, 0.05) is 23.5 Å². The van der Waals surface area contributed by atoms with Gasteiger partial charge in [-0.1, -0.05) is 18.2 Å². The quantitative estimate of drug-likeness (QED) is 0.846. The van der Waals surface area contributed by atoms with E-state index in [0.717, 1.165) is 22.9 Å². The van der Waals surface area contributed by atoms with Crippen molar-refractivity contribution in [3.8, 4) is 0 Å². The van der Waals surface area contributed by atoms with Crippen molar-refractivity contribution in [2.75, 3.05) is 6.61 Å². The zero-order valence-electron chi connectivity index (χ0n) is 12.0. The number of aromatic amines is 1. The van der Waals surface area contributed by atoms with Gasteiger partial charge in [0.2, 0.25) is 0 Å². The first-order chi connectivity index (χ1) is 10.6. The average Bonchev–Trinajstić information content (AvgIpc) is 2.91. The van der Waals surface area contributed by atoms with Gasteiger partial charge < -0.3 is 19.6 Å². The van der Waals surface area contributed by atoms with Gasteiger partial charge in [-0.3, -0.25) is 4.79 Å². The van der Waals surface area contributed by atoms with Crippen LogP contribution in [0, 0.1) is 0 Å². The highest BCUT2D eigenvalue weighted by Gasteiger charge is 2.45. The lowest BCUT2D eigenvalue weighted by molar-refractivity contribution is -0.250. The third-order valence-corrected chi connectivity index (χ3v) is 3.85. The number of ether oxygens (including phenoxy) is 2. The molecule has 1 fully saturated rings. The van der Waals surface area contributed by atoms with Gasteiger partial charge >= 0.3 is 17.7 Å². The van der Waals surface area contributed by atoms with Crippen LogP contribution in [0.15, 0.2) is 30.5 Å². The van der Waals surface area contributed by atoms with E-state index < -0.39 is 17.7 Å². The number of H-pyrrole nitrogens is 1. The van der Waals surface area contributed by atoms with E-state index in [2.05, 4.69) is 4.98 Å². The summed E-state index contributed by atoms with van der Waals surface area (Å²) in [6.45, 7) is 0.284. The number of para-hydroxylation sites is 1. The second-order valence-electron chi connectivity index (χ2n) is 5.37. The van der Waals surface area contributed by atoms with E-state index in [0.29, 0.717) is 6.42 Å². The zero-order chi connectivity index (χ0) is 15.6. The monoisotopic (exact) mass is 303 g/mol. The highest BCUT2D eigenvalue weighted by Crippen LogP contribution is 2.28. The van der Waals surface area contributed by atoms with Crippen molar-refractivity contribution < 1.29 is 24.2 Å². The van der Waals surface area contributed by atoms with Crippen molar-refractivity contribution in [3.63, 3.8) is 0 Å². The molecule has 116 valence electrons. The Morgan fingerprint density at radius 2 is 2.14 bits per heavy atom. The molecule has 0 bridgehead atoms. The van der Waals surface area contributed by atoms with Crippen LogP contribution in [0.2, 0.25) is 0 Å². The molecular formula is C16H17NO5. The second kappa shape index (κ2) is 5.81. The first-order valence-corrected chi connectivity index (χ1v) is 7.25. The number of rotatable bonds is 4. The van der Waals surface area contributed by atoms with Crippen LogP contribution < -0.4 is 0 Å². The molecule has 6 heteroatoms. The number of nitrogens with one attached hydrogen (secondary N) is 1. The van der Waals surface area contributed by atoms with Crippen LogP contribution in [0.25, 0.3) is 10.9 Å². The molecule has 0 amide bonds. The Labute approximate surface area is 127 Å². The molecule has 0 spiro atoms. The summed E-state index contributed by atoms with van der Waals surface area (Å²) in [5.41, 5.74) is 1.70. The lowest BCUT2D eigenvalue weighted by atomic mass is 10.1. The summed E-state index contributed by atoms with van der Waals surface area (Å²) in [5.74, 6) is -3.69. The molecule has 1 aromatic carbocycles. The Morgan fingerprint density at radius 3 is 2.86 bits per heavy atom. The molecule has 2 heterocycles. The van der Waals surface area contributed by atoms with Crippen molar-refractivity contribution in [3.05, 3.63) is 36.0 Å². The Balaban J connectivity index is 1.75. The van der Waals surface area contributed by atoms with E-state index in [-0.39, 0.29) is 19.4 Å². The van der Waals surface area contributed by atoms with Crippen LogP contribution in [0.3, 0.4) is 0 Å². The van der Waals surface area contributed by atoms with Gasteiger partial charge in [0.1, 0.15) is 0 Å². The number of hydrogen-bond donors (Lipinski definition) is 2. The fourth-order valence-electron chi connectivity index (χ4n) is 2.72. The van der Waals surface area contributed by atoms with Gasteiger partial charge in [-0.25, -0.2) is 4.79 Å². The average molecular weight is 303 g/mol. The molecule has 1 atom stereocenters. The predicted molar refractivity (Wildman–Crippen MR) is 78.3 cm³/mol.